The van der Waals surface area contributed by atoms with E-state index in [4.69, 9.17) is 0 Å². The molecule has 4 aromatic rings. The van der Waals surface area contributed by atoms with Gasteiger partial charge in [-0.3, -0.25) is 0 Å². The van der Waals surface area contributed by atoms with Gasteiger partial charge in [0.15, 0.2) is 6.20 Å². The van der Waals surface area contributed by atoms with Gasteiger partial charge in [-0.15, -0.1) is 0 Å². The predicted octanol–water partition coefficient (Wildman–Crippen LogP) is 5.71. The van der Waals surface area contributed by atoms with Gasteiger partial charge >= 0.3 is 0 Å². The van der Waals surface area contributed by atoms with E-state index in [9.17, 15) is 0 Å². The van der Waals surface area contributed by atoms with E-state index in [0.29, 0.717) is 0 Å². The summed E-state index contributed by atoms with van der Waals surface area (Å²) in [5, 5.41) is 2.67. The molecule has 3 aromatic carbocycles. The van der Waals surface area contributed by atoms with E-state index in [1.807, 2.05) is 0 Å². The standard InChI is InChI=1S/C26H24N/c1-17-8-13-25(27(3)16-17)26-18(2)9-11-22-23(26)12-10-21-14-19-6-4-5-7-20(19)15-24(21)22/h4-9,11,13-16H,10,12H2,1-3H3/q+1. The molecular formula is C26H24N+. The number of fused-ring (bicyclic) bond motifs is 4. The smallest absolute Gasteiger partial charge is 0.201 e. The summed E-state index contributed by atoms with van der Waals surface area (Å²) in [6.07, 6.45) is 4.43. The van der Waals surface area contributed by atoms with Crippen LogP contribution in [-0.2, 0) is 19.9 Å². The summed E-state index contributed by atoms with van der Waals surface area (Å²) in [6.45, 7) is 4.39. The molecule has 0 aliphatic heterocycles. The second-order valence-corrected chi connectivity index (χ2v) is 7.84. The van der Waals surface area contributed by atoms with Crippen LogP contribution in [0.1, 0.15) is 22.3 Å². The predicted molar refractivity (Wildman–Crippen MR) is 113 cm³/mol. The van der Waals surface area contributed by atoms with Gasteiger partial charge in [-0.25, -0.2) is 4.57 Å². The Morgan fingerprint density at radius 3 is 2.33 bits per heavy atom. The number of aryl methyl sites for hydroxylation is 4. The monoisotopic (exact) mass is 350 g/mol. The zero-order chi connectivity index (χ0) is 18.5. The van der Waals surface area contributed by atoms with E-state index in [1.165, 1.54) is 55.4 Å². The van der Waals surface area contributed by atoms with E-state index in [1.54, 1.807) is 0 Å². The quantitative estimate of drug-likeness (QED) is 0.387. The molecule has 0 atom stereocenters. The molecule has 5 rings (SSSR count). The zero-order valence-corrected chi connectivity index (χ0v) is 16.2. The lowest BCUT2D eigenvalue weighted by Crippen LogP contribution is -2.31. The highest BCUT2D eigenvalue weighted by Gasteiger charge is 2.24. The van der Waals surface area contributed by atoms with Crippen LogP contribution in [0.5, 0.6) is 0 Å². The molecule has 0 radical (unpaired) electrons. The first-order chi connectivity index (χ1) is 13.1. The van der Waals surface area contributed by atoms with Gasteiger partial charge in [0.05, 0.1) is 5.56 Å². The van der Waals surface area contributed by atoms with Crippen molar-refractivity contribution in [1.82, 2.24) is 0 Å². The highest BCUT2D eigenvalue weighted by Crippen LogP contribution is 2.41. The van der Waals surface area contributed by atoms with Crippen molar-refractivity contribution in [1.29, 1.82) is 0 Å². The second-order valence-electron chi connectivity index (χ2n) is 7.84. The lowest BCUT2D eigenvalue weighted by molar-refractivity contribution is -0.660. The summed E-state index contributed by atoms with van der Waals surface area (Å²) < 4.78 is 2.27. The number of rotatable bonds is 1. The summed E-state index contributed by atoms with van der Waals surface area (Å²) in [4.78, 5) is 0. The molecule has 0 unspecified atom stereocenters. The van der Waals surface area contributed by atoms with Crippen LogP contribution in [-0.4, -0.2) is 0 Å². The van der Waals surface area contributed by atoms with E-state index >= 15 is 0 Å². The number of aromatic nitrogens is 1. The zero-order valence-electron chi connectivity index (χ0n) is 16.2. The van der Waals surface area contributed by atoms with E-state index < -0.39 is 0 Å². The highest BCUT2D eigenvalue weighted by atomic mass is 14.9. The molecule has 1 aliphatic carbocycles. The minimum absolute atomic E-state index is 1.10. The van der Waals surface area contributed by atoms with Crippen molar-refractivity contribution in [3.63, 3.8) is 0 Å². The Kier molecular flexibility index (Phi) is 3.65. The van der Waals surface area contributed by atoms with Gasteiger partial charge in [-0.1, -0.05) is 42.5 Å². The molecule has 0 bridgehead atoms. The van der Waals surface area contributed by atoms with Gasteiger partial charge in [-0.05, 0) is 77.4 Å². The maximum absolute atomic E-state index is 2.39. The summed E-state index contributed by atoms with van der Waals surface area (Å²) >= 11 is 0. The number of benzene rings is 3. The molecule has 0 fully saturated rings. The molecule has 0 saturated heterocycles. The maximum atomic E-state index is 2.39. The van der Waals surface area contributed by atoms with Crippen LogP contribution in [0.15, 0.2) is 66.9 Å². The minimum Gasteiger partial charge on any atom is -0.201 e. The Labute approximate surface area is 160 Å². The average molecular weight is 350 g/mol. The fourth-order valence-electron chi connectivity index (χ4n) is 4.64. The van der Waals surface area contributed by atoms with Crippen molar-refractivity contribution in [3.05, 3.63) is 89.1 Å². The molecule has 1 aliphatic rings. The highest BCUT2D eigenvalue weighted by molar-refractivity contribution is 5.92. The average Bonchev–Trinajstić information content (AvgIpc) is 2.67. The molecule has 0 spiro atoms. The van der Waals surface area contributed by atoms with Gasteiger partial charge in [-0.2, -0.15) is 0 Å². The molecular weight excluding hydrogens is 326 g/mol. The SMILES string of the molecule is Cc1ccc(-c2c(C)ccc3c2CCc2cc4ccccc4cc2-3)[n+](C)c1. The number of pyridine rings is 1. The van der Waals surface area contributed by atoms with E-state index in [0.717, 1.165) is 12.8 Å². The summed E-state index contributed by atoms with van der Waals surface area (Å²) in [5.74, 6) is 0. The summed E-state index contributed by atoms with van der Waals surface area (Å²) in [7, 11) is 2.16. The van der Waals surface area contributed by atoms with E-state index in [2.05, 4.69) is 92.3 Å². The van der Waals surface area contributed by atoms with Crippen LogP contribution in [0.4, 0.5) is 0 Å². The van der Waals surface area contributed by atoms with Crippen molar-refractivity contribution in [2.45, 2.75) is 26.7 Å². The van der Waals surface area contributed by atoms with Crippen LogP contribution in [0, 0.1) is 13.8 Å². The molecule has 1 nitrogen and oxygen atoms in total. The third kappa shape index (κ3) is 2.57. The van der Waals surface area contributed by atoms with Crippen LogP contribution in [0.25, 0.3) is 33.2 Å². The fraction of sp³-hybridized carbons (Fsp3) is 0.192. The van der Waals surface area contributed by atoms with Crippen LogP contribution in [0.3, 0.4) is 0 Å². The Bertz CT molecular complexity index is 1200. The third-order valence-electron chi connectivity index (χ3n) is 5.96. The van der Waals surface area contributed by atoms with Crippen LogP contribution < -0.4 is 4.57 Å². The molecule has 132 valence electrons. The minimum atomic E-state index is 1.10. The van der Waals surface area contributed by atoms with Gasteiger partial charge in [0, 0.05) is 11.6 Å². The Hall–Kier alpha value is -2.93. The van der Waals surface area contributed by atoms with Crippen molar-refractivity contribution in [2.24, 2.45) is 7.05 Å². The van der Waals surface area contributed by atoms with Crippen LogP contribution >= 0.6 is 0 Å². The fourth-order valence-corrected chi connectivity index (χ4v) is 4.64. The van der Waals surface area contributed by atoms with Gasteiger partial charge < -0.3 is 0 Å². The Morgan fingerprint density at radius 1 is 0.778 bits per heavy atom. The lowest BCUT2D eigenvalue weighted by Gasteiger charge is -2.24. The maximum Gasteiger partial charge on any atom is 0.212 e. The molecule has 1 aromatic heterocycles. The third-order valence-corrected chi connectivity index (χ3v) is 5.96. The van der Waals surface area contributed by atoms with Gasteiger partial charge in [0.2, 0.25) is 5.69 Å². The number of hydrogen-bond acceptors (Lipinski definition) is 0. The number of hydrogen-bond donors (Lipinski definition) is 0. The number of nitrogens with zero attached hydrogens (tertiary/aromatic N) is 1. The van der Waals surface area contributed by atoms with E-state index in [-0.39, 0.29) is 0 Å². The summed E-state index contributed by atoms with van der Waals surface area (Å²) in [6, 6.07) is 22.6. The normalized spacial score (nSPS) is 12.7. The molecule has 0 N–H and O–H groups in total. The molecule has 0 amide bonds. The van der Waals surface area contributed by atoms with Crippen molar-refractivity contribution in [2.75, 3.05) is 0 Å². The lowest BCUT2D eigenvalue weighted by atomic mass is 9.80. The van der Waals surface area contributed by atoms with Crippen molar-refractivity contribution < 1.29 is 4.57 Å². The first kappa shape index (κ1) is 16.3. The Balaban J connectivity index is 1.78. The molecule has 1 heterocycles. The molecule has 0 saturated carbocycles. The first-order valence-electron chi connectivity index (χ1n) is 9.73. The first-order valence-corrected chi connectivity index (χ1v) is 9.73. The van der Waals surface area contributed by atoms with Gasteiger partial charge in [0.25, 0.3) is 0 Å². The topological polar surface area (TPSA) is 3.88 Å². The van der Waals surface area contributed by atoms with Crippen molar-refractivity contribution >= 4 is 10.8 Å². The molecule has 27 heavy (non-hydrogen) atoms. The summed E-state index contributed by atoms with van der Waals surface area (Å²) in [5.41, 5.74) is 11.2. The molecule has 1 heteroatoms. The largest absolute Gasteiger partial charge is 0.212 e. The van der Waals surface area contributed by atoms with Crippen molar-refractivity contribution in [3.8, 4) is 22.4 Å². The van der Waals surface area contributed by atoms with Crippen LogP contribution in [0.2, 0.25) is 0 Å². The van der Waals surface area contributed by atoms with Gasteiger partial charge in [0.1, 0.15) is 7.05 Å². The Morgan fingerprint density at radius 2 is 1.56 bits per heavy atom. The second kappa shape index (κ2) is 6.06.